The molecule has 3 heteroatoms. The number of aromatic nitrogens is 1. The minimum atomic E-state index is 0. The van der Waals surface area contributed by atoms with Crippen LogP contribution < -0.4 is 22.3 Å². The fourth-order valence-electron chi connectivity index (χ4n) is 1.72. The Balaban J connectivity index is 0.000000845. The van der Waals surface area contributed by atoms with Crippen LogP contribution in [0.4, 0.5) is 0 Å². The second-order valence-electron chi connectivity index (χ2n) is 3.37. The Kier molecular flexibility index (Phi) is 4.19. The zero-order chi connectivity index (χ0) is 8.23. The molecule has 2 nitrogen and oxygen atoms in total. The van der Waals surface area contributed by atoms with E-state index in [0.717, 1.165) is 6.54 Å². The Morgan fingerprint density at radius 3 is 2.62 bits per heavy atom. The van der Waals surface area contributed by atoms with Gasteiger partial charge in [-0.05, 0) is 19.4 Å². The van der Waals surface area contributed by atoms with Crippen LogP contribution in [0.25, 0.3) is 0 Å². The molecule has 0 amide bonds. The lowest BCUT2D eigenvalue weighted by atomic mass is 10.2. The van der Waals surface area contributed by atoms with Crippen LogP contribution in [0.5, 0.6) is 0 Å². The molecule has 1 unspecified atom stereocenters. The van der Waals surface area contributed by atoms with Crippen LogP contribution in [0.2, 0.25) is 0 Å². The van der Waals surface area contributed by atoms with E-state index in [1.165, 1.54) is 19.4 Å². The number of hydrogen-bond donors (Lipinski definition) is 1. The van der Waals surface area contributed by atoms with Crippen molar-refractivity contribution in [3.63, 3.8) is 0 Å². The zero-order valence-corrected chi connectivity index (χ0v) is 8.37. The highest BCUT2D eigenvalue weighted by Crippen LogP contribution is 2.03. The summed E-state index contributed by atoms with van der Waals surface area (Å²) in [7, 11) is 0. The number of halogens is 1. The lowest BCUT2D eigenvalue weighted by Gasteiger charge is -2.04. The summed E-state index contributed by atoms with van der Waals surface area (Å²) in [6.07, 6.45) is 6.90. The van der Waals surface area contributed by atoms with E-state index in [9.17, 15) is 0 Å². The van der Waals surface area contributed by atoms with E-state index in [0.29, 0.717) is 6.04 Å². The van der Waals surface area contributed by atoms with Crippen molar-refractivity contribution in [2.75, 3.05) is 6.54 Å². The summed E-state index contributed by atoms with van der Waals surface area (Å²) >= 11 is 0. The van der Waals surface area contributed by atoms with E-state index in [2.05, 4.69) is 40.5 Å². The molecule has 1 aromatic rings. The Hall–Kier alpha value is -0.600. The highest BCUT2D eigenvalue weighted by Gasteiger charge is 2.17. The van der Waals surface area contributed by atoms with Gasteiger partial charge in [0, 0.05) is 12.1 Å². The van der Waals surface area contributed by atoms with E-state index in [1.807, 2.05) is 0 Å². The van der Waals surface area contributed by atoms with Gasteiger partial charge in [0.05, 0.1) is 6.04 Å². The van der Waals surface area contributed by atoms with Gasteiger partial charge in [0.25, 0.3) is 0 Å². The molecule has 0 bridgehead atoms. The third-order valence-corrected chi connectivity index (χ3v) is 2.37. The third kappa shape index (κ3) is 2.98. The van der Waals surface area contributed by atoms with Crippen LogP contribution in [0.1, 0.15) is 12.8 Å². The average molecular weight is 199 g/mol. The van der Waals surface area contributed by atoms with Gasteiger partial charge in [0.15, 0.2) is 18.9 Å². The minimum absolute atomic E-state index is 0. The van der Waals surface area contributed by atoms with E-state index in [-0.39, 0.29) is 12.4 Å². The molecule has 1 atom stereocenters. The molecule has 0 radical (unpaired) electrons. The number of nitrogens with zero attached hydrogens (tertiary/aromatic N) is 1. The summed E-state index contributed by atoms with van der Waals surface area (Å²) in [5.74, 6) is 0. The molecule has 2 rings (SSSR count). The van der Waals surface area contributed by atoms with Gasteiger partial charge in [-0.25, -0.2) is 4.57 Å². The van der Waals surface area contributed by atoms with Crippen molar-refractivity contribution in [1.82, 2.24) is 5.32 Å². The van der Waals surface area contributed by atoms with Gasteiger partial charge in [-0.15, -0.1) is 0 Å². The fraction of sp³-hybridized carbons (Fsp3) is 0.500. The van der Waals surface area contributed by atoms with E-state index < -0.39 is 0 Å². The molecule has 0 aliphatic carbocycles. The summed E-state index contributed by atoms with van der Waals surface area (Å²) in [6, 6.07) is 6.90. The SMILES string of the molecule is [Cl-].c1cc[n+](CC2CCCN2)cc1. The van der Waals surface area contributed by atoms with Crippen molar-refractivity contribution < 1.29 is 17.0 Å². The fourth-order valence-corrected chi connectivity index (χ4v) is 1.72. The zero-order valence-electron chi connectivity index (χ0n) is 7.62. The van der Waals surface area contributed by atoms with Crippen LogP contribution >= 0.6 is 0 Å². The average Bonchev–Trinajstić information content (AvgIpc) is 2.59. The smallest absolute Gasteiger partial charge is 0.168 e. The maximum Gasteiger partial charge on any atom is 0.168 e. The quantitative estimate of drug-likeness (QED) is 0.531. The van der Waals surface area contributed by atoms with Crippen molar-refractivity contribution in [2.45, 2.75) is 25.4 Å². The monoisotopic (exact) mass is 198 g/mol. The molecular weight excluding hydrogens is 184 g/mol. The van der Waals surface area contributed by atoms with Crippen LogP contribution in [-0.2, 0) is 6.54 Å². The second kappa shape index (κ2) is 5.20. The first-order valence-electron chi connectivity index (χ1n) is 4.62. The van der Waals surface area contributed by atoms with Gasteiger partial charge in [-0.3, -0.25) is 0 Å². The molecule has 72 valence electrons. The van der Waals surface area contributed by atoms with Crippen LogP contribution in [0.15, 0.2) is 30.6 Å². The molecule has 2 heterocycles. The summed E-state index contributed by atoms with van der Waals surface area (Å²) in [4.78, 5) is 0. The number of hydrogen-bond acceptors (Lipinski definition) is 1. The van der Waals surface area contributed by atoms with Gasteiger partial charge >= 0.3 is 0 Å². The molecular formula is C10H15ClN2. The van der Waals surface area contributed by atoms with E-state index in [4.69, 9.17) is 0 Å². The maximum atomic E-state index is 3.48. The minimum Gasteiger partial charge on any atom is -1.00 e. The maximum absolute atomic E-state index is 3.48. The first-order chi connectivity index (χ1) is 5.95. The molecule has 0 spiro atoms. The standard InChI is InChI=1S/C10H15N2.ClH/c1-2-7-12(8-3-1)9-10-5-4-6-11-10;/h1-3,7-8,10-11H,4-6,9H2;1H/q+1;/p-1. The van der Waals surface area contributed by atoms with Gasteiger partial charge in [0.1, 0.15) is 0 Å². The molecule has 1 aliphatic heterocycles. The molecule has 1 N–H and O–H groups in total. The Bertz CT molecular complexity index is 232. The summed E-state index contributed by atoms with van der Waals surface area (Å²) in [5.41, 5.74) is 0. The molecule has 1 aromatic heterocycles. The molecule has 13 heavy (non-hydrogen) atoms. The first-order valence-corrected chi connectivity index (χ1v) is 4.62. The first kappa shape index (κ1) is 10.5. The number of nitrogens with one attached hydrogen (secondary N) is 1. The normalized spacial score (nSPS) is 21.1. The van der Waals surface area contributed by atoms with Crippen molar-refractivity contribution >= 4 is 0 Å². The van der Waals surface area contributed by atoms with Crippen LogP contribution in [0, 0.1) is 0 Å². The second-order valence-corrected chi connectivity index (χ2v) is 3.37. The van der Waals surface area contributed by atoms with Gasteiger partial charge in [0.2, 0.25) is 0 Å². The highest BCUT2D eigenvalue weighted by molar-refractivity contribution is 4.84. The van der Waals surface area contributed by atoms with Gasteiger partial charge in [-0.2, -0.15) is 0 Å². The van der Waals surface area contributed by atoms with Crippen molar-refractivity contribution in [2.24, 2.45) is 0 Å². The summed E-state index contributed by atoms with van der Waals surface area (Å²) < 4.78 is 2.24. The van der Waals surface area contributed by atoms with E-state index >= 15 is 0 Å². The van der Waals surface area contributed by atoms with Crippen molar-refractivity contribution in [3.05, 3.63) is 30.6 Å². The summed E-state index contributed by atoms with van der Waals surface area (Å²) in [5, 5.41) is 3.48. The third-order valence-electron chi connectivity index (χ3n) is 2.37. The van der Waals surface area contributed by atoms with Crippen molar-refractivity contribution in [3.8, 4) is 0 Å². The molecule has 0 saturated carbocycles. The van der Waals surface area contributed by atoms with Gasteiger partial charge in [-0.1, -0.05) is 6.07 Å². The Labute approximate surface area is 85.4 Å². The summed E-state index contributed by atoms with van der Waals surface area (Å²) in [6.45, 7) is 2.30. The predicted molar refractivity (Wildman–Crippen MR) is 47.7 cm³/mol. The molecule has 1 fully saturated rings. The van der Waals surface area contributed by atoms with E-state index in [1.54, 1.807) is 0 Å². The largest absolute Gasteiger partial charge is 1.00 e. The molecule has 1 aliphatic rings. The molecule has 0 aromatic carbocycles. The predicted octanol–water partition coefficient (Wildman–Crippen LogP) is -2.27. The number of rotatable bonds is 2. The van der Waals surface area contributed by atoms with Crippen molar-refractivity contribution in [1.29, 1.82) is 0 Å². The lowest BCUT2D eigenvalue weighted by Crippen LogP contribution is -3.00. The Morgan fingerprint density at radius 2 is 2.00 bits per heavy atom. The Morgan fingerprint density at radius 1 is 1.23 bits per heavy atom. The topological polar surface area (TPSA) is 15.9 Å². The lowest BCUT2D eigenvalue weighted by molar-refractivity contribution is -0.699. The van der Waals surface area contributed by atoms with Crippen LogP contribution in [-0.4, -0.2) is 12.6 Å². The van der Waals surface area contributed by atoms with Gasteiger partial charge < -0.3 is 17.7 Å². The molecule has 1 saturated heterocycles. The van der Waals surface area contributed by atoms with Crippen LogP contribution in [0.3, 0.4) is 0 Å². The number of pyridine rings is 1. The highest BCUT2D eigenvalue weighted by atomic mass is 35.5.